The smallest absolute Gasteiger partial charge is 0.264 e. The molecule has 0 aliphatic carbocycles. The first-order chi connectivity index (χ1) is 15.5. The van der Waals surface area contributed by atoms with Gasteiger partial charge in [0.2, 0.25) is 0 Å². The number of benzene rings is 2. The number of aryl methyl sites for hydroxylation is 2. The first kappa shape index (κ1) is 21.5. The molecule has 4 rings (SSSR count). The third-order valence-electron chi connectivity index (χ3n) is 5.18. The average Bonchev–Trinajstić information content (AvgIpc) is 3.20. The van der Waals surface area contributed by atoms with Gasteiger partial charge in [0.15, 0.2) is 5.65 Å². The van der Waals surface area contributed by atoms with Crippen LogP contribution in [0.5, 0.6) is 5.75 Å². The van der Waals surface area contributed by atoms with Crippen molar-refractivity contribution < 1.29 is 9.84 Å². The minimum absolute atomic E-state index is 0.0560. The van der Waals surface area contributed by atoms with E-state index in [0.29, 0.717) is 23.2 Å². The lowest BCUT2D eigenvalue weighted by atomic mass is 10.1. The molecule has 0 amide bonds. The van der Waals surface area contributed by atoms with Crippen LogP contribution in [0.1, 0.15) is 16.7 Å². The van der Waals surface area contributed by atoms with Gasteiger partial charge in [0.25, 0.3) is 5.56 Å². The number of allylic oxidation sites excluding steroid dienone is 1. The normalized spacial score (nSPS) is 12.1. The molecule has 0 saturated heterocycles. The van der Waals surface area contributed by atoms with E-state index in [9.17, 15) is 9.90 Å². The molecular weight excluding hydrogens is 404 g/mol. The molecule has 1 atom stereocenters. The van der Waals surface area contributed by atoms with E-state index in [1.807, 2.05) is 50.2 Å². The van der Waals surface area contributed by atoms with Crippen LogP contribution in [0.3, 0.4) is 0 Å². The molecule has 2 aromatic heterocycles. The fourth-order valence-electron chi connectivity index (χ4n) is 3.78. The Labute approximate surface area is 186 Å². The van der Waals surface area contributed by atoms with Crippen molar-refractivity contribution in [1.29, 1.82) is 0 Å². The Kier molecular flexibility index (Phi) is 6.18. The molecule has 1 N–H and O–H groups in total. The highest BCUT2D eigenvalue weighted by molar-refractivity contribution is 5.75. The molecule has 4 aromatic rings. The molecule has 0 aliphatic heterocycles. The summed E-state index contributed by atoms with van der Waals surface area (Å²) in [7, 11) is 0. The van der Waals surface area contributed by atoms with Crippen LogP contribution < -0.4 is 10.3 Å². The summed E-state index contributed by atoms with van der Waals surface area (Å²) < 4.78 is 8.84. The summed E-state index contributed by atoms with van der Waals surface area (Å²) in [6.45, 7) is 7.91. The van der Waals surface area contributed by atoms with Crippen molar-refractivity contribution in [3.63, 3.8) is 0 Å². The Morgan fingerprint density at radius 1 is 1.19 bits per heavy atom. The van der Waals surface area contributed by atoms with Crippen molar-refractivity contribution in [1.82, 2.24) is 19.3 Å². The molecule has 7 nitrogen and oxygen atoms in total. The van der Waals surface area contributed by atoms with E-state index >= 15 is 0 Å². The van der Waals surface area contributed by atoms with Crippen LogP contribution >= 0.6 is 0 Å². The molecule has 2 aromatic carbocycles. The van der Waals surface area contributed by atoms with Crippen LogP contribution in [0, 0.1) is 13.8 Å². The largest absolute Gasteiger partial charge is 0.491 e. The van der Waals surface area contributed by atoms with Gasteiger partial charge in [-0.05, 0) is 55.2 Å². The topological polar surface area (TPSA) is 82.2 Å². The van der Waals surface area contributed by atoms with Crippen LogP contribution in [0.4, 0.5) is 0 Å². The number of rotatable bonds is 8. The van der Waals surface area contributed by atoms with E-state index in [0.717, 1.165) is 22.4 Å². The lowest BCUT2D eigenvalue weighted by Crippen LogP contribution is -2.30. The summed E-state index contributed by atoms with van der Waals surface area (Å²) >= 11 is 0. The lowest BCUT2D eigenvalue weighted by Gasteiger charge is -2.15. The van der Waals surface area contributed by atoms with E-state index in [4.69, 9.17) is 4.74 Å². The molecule has 0 fully saturated rings. The van der Waals surface area contributed by atoms with Crippen LogP contribution in [-0.4, -0.2) is 37.1 Å². The Hall–Kier alpha value is -3.71. The first-order valence-electron chi connectivity index (χ1n) is 10.5. The fraction of sp³-hybridized carbons (Fsp3) is 0.240. The maximum Gasteiger partial charge on any atom is 0.264 e. The highest BCUT2D eigenvalue weighted by Crippen LogP contribution is 2.19. The number of aliphatic hydroxyl groups is 1. The van der Waals surface area contributed by atoms with Gasteiger partial charge in [-0.2, -0.15) is 5.10 Å². The number of hydrogen-bond donors (Lipinski definition) is 1. The zero-order valence-electron chi connectivity index (χ0n) is 18.2. The lowest BCUT2D eigenvalue weighted by molar-refractivity contribution is 0.0911. The number of para-hydroxylation sites is 1. The molecule has 32 heavy (non-hydrogen) atoms. The molecule has 0 radical (unpaired) electrons. The molecule has 0 saturated carbocycles. The third kappa shape index (κ3) is 4.48. The Balaban J connectivity index is 1.52. The van der Waals surface area contributed by atoms with Crippen LogP contribution in [0.15, 0.2) is 72.4 Å². The van der Waals surface area contributed by atoms with Crippen molar-refractivity contribution >= 4 is 11.0 Å². The predicted octanol–water partition coefficient (Wildman–Crippen LogP) is 3.37. The number of hydrogen-bond acceptors (Lipinski definition) is 5. The van der Waals surface area contributed by atoms with Gasteiger partial charge in [-0.3, -0.25) is 9.36 Å². The fourth-order valence-corrected chi connectivity index (χ4v) is 3.78. The Morgan fingerprint density at radius 3 is 2.69 bits per heavy atom. The molecule has 0 bridgehead atoms. The predicted molar refractivity (Wildman–Crippen MR) is 124 cm³/mol. The van der Waals surface area contributed by atoms with Crippen molar-refractivity contribution in [3.05, 3.63) is 94.7 Å². The van der Waals surface area contributed by atoms with Gasteiger partial charge in [-0.15, -0.1) is 6.58 Å². The SMILES string of the molecule is C=CCc1ccccc1OC[C@@H](O)Cn1cnc2c(cnn2-c2cc(C)cc(C)c2)c1=O. The second-order valence-corrected chi connectivity index (χ2v) is 7.91. The summed E-state index contributed by atoms with van der Waals surface area (Å²) in [5, 5.41) is 15.2. The third-order valence-corrected chi connectivity index (χ3v) is 5.18. The van der Waals surface area contributed by atoms with E-state index < -0.39 is 6.10 Å². The minimum Gasteiger partial charge on any atom is -0.491 e. The Bertz CT molecular complexity index is 1300. The summed E-state index contributed by atoms with van der Waals surface area (Å²) in [4.78, 5) is 17.4. The zero-order chi connectivity index (χ0) is 22.7. The van der Waals surface area contributed by atoms with Crippen molar-refractivity contribution in [2.45, 2.75) is 32.9 Å². The van der Waals surface area contributed by atoms with Gasteiger partial charge in [-0.25, -0.2) is 9.67 Å². The molecule has 2 heterocycles. The van der Waals surface area contributed by atoms with Gasteiger partial charge in [0.1, 0.15) is 30.2 Å². The summed E-state index contributed by atoms with van der Waals surface area (Å²) in [6.07, 6.45) is 4.57. The number of ether oxygens (including phenoxy) is 1. The highest BCUT2D eigenvalue weighted by atomic mass is 16.5. The standard InChI is InChI=1S/C25H26N4O3/c1-4-7-19-8-5-6-9-23(19)32-15-21(30)14-28-16-26-24-22(25(28)31)13-27-29(24)20-11-17(2)10-18(3)12-20/h4-6,8-13,16,21,30H,1,7,14-15H2,2-3H3/t21-/m0/s1. The molecule has 0 aliphatic rings. The van der Waals surface area contributed by atoms with Crippen molar-refractivity contribution in [2.24, 2.45) is 0 Å². The van der Waals surface area contributed by atoms with E-state index in [1.165, 1.54) is 17.1 Å². The number of aliphatic hydroxyl groups excluding tert-OH is 1. The van der Waals surface area contributed by atoms with E-state index in [-0.39, 0.29) is 18.7 Å². The summed E-state index contributed by atoms with van der Waals surface area (Å²) in [5.41, 5.74) is 4.30. The quantitative estimate of drug-likeness (QED) is 0.434. The molecule has 0 spiro atoms. The van der Waals surface area contributed by atoms with E-state index in [2.05, 4.69) is 22.7 Å². The number of nitrogens with zero attached hydrogens (tertiary/aromatic N) is 4. The Morgan fingerprint density at radius 2 is 1.94 bits per heavy atom. The number of fused-ring (bicyclic) bond motifs is 1. The molecule has 0 unspecified atom stereocenters. The molecular formula is C25H26N4O3. The average molecular weight is 431 g/mol. The second kappa shape index (κ2) is 9.20. The maximum absolute atomic E-state index is 13.0. The van der Waals surface area contributed by atoms with Gasteiger partial charge >= 0.3 is 0 Å². The molecule has 164 valence electrons. The first-order valence-corrected chi connectivity index (χ1v) is 10.5. The van der Waals surface area contributed by atoms with Crippen LogP contribution in [0.2, 0.25) is 0 Å². The molecule has 7 heteroatoms. The van der Waals surface area contributed by atoms with Gasteiger partial charge < -0.3 is 9.84 Å². The van der Waals surface area contributed by atoms with Gasteiger partial charge in [0.05, 0.1) is 18.4 Å². The number of aromatic nitrogens is 4. The monoisotopic (exact) mass is 430 g/mol. The highest BCUT2D eigenvalue weighted by Gasteiger charge is 2.15. The second-order valence-electron chi connectivity index (χ2n) is 7.91. The van der Waals surface area contributed by atoms with Crippen molar-refractivity contribution in [2.75, 3.05) is 6.61 Å². The van der Waals surface area contributed by atoms with Crippen LogP contribution in [0.25, 0.3) is 16.7 Å². The maximum atomic E-state index is 13.0. The zero-order valence-corrected chi connectivity index (χ0v) is 18.2. The van der Waals surface area contributed by atoms with Crippen LogP contribution in [-0.2, 0) is 13.0 Å². The van der Waals surface area contributed by atoms with Gasteiger partial charge in [-0.1, -0.05) is 30.3 Å². The summed E-state index contributed by atoms with van der Waals surface area (Å²) in [5.74, 6) is 0.696. The summed E-state index contributed by atoms with van der Waals surface area (Å²) in [6, 6.07) is 13.7. The van der Waals surface area contributed by atoms with Gasteiger partial charge in [0, 0.05) is 0 Å². The minimum atomic E-state index is -0.877. The van der Waals surface area contributed by atoms with Crippen molar-refractivity contribution in [3.8, 4) is 11.4 Å². The van der Waals surface area contributed by atoms with E-state index in [1.54, 1.807) is 10.8 Å².